The Morgan fingerprint density at radius 3 is 2.80 bits per heavy atom. The van der Waals surface area contributed by atoms with Crippen LogP contribution >= 0.6 is 15.9 Å². The van der Waals surface area contributed by atoms with Crippen molar-refractivity contribution < 1.29 is 18.3 Å². The normalized spacial score (nSPS) is 12.9. The van der Waals surface area contributed by atoms with Crippen molar-refractivity contribution in [2.75, 3.05) is 6.61 Å². The van der Waals surface area contributed by atoms with Gasteiger partial charge in [0, 0.05) is 12.5 Å². The van der Waals surface area contributed by atoms with Crippen LogP contribution in [0.2, 0.25) is 0 Å². The van der Waals surface area contributed by atoms with E-state index >= 15 is 0 Å². The molecule has 0 aromatic heterocycles. The summed E-state index contributed by atoms with van der Waals surface area (Å²) in [5.41, 5.74) is 2.08. The van der Waals surface area contributed by atoms with E-state index in [9.17, 15) is 8.78 Å². The van der Waals surface area contributed by atoms with Crippen LogP contribution in [0, 0.1) is 11.6 Å². The molecule has 0 spiro atoms. The monoisotopic (exact) mass is 340 g/mol. The largest absolute Gasteiger partial charge is 0.492 e. The van der Waals surface area contributed by atoms with E-state index in [0.29, 0.717) is 12.4 Å². The molecule has 0 fully saturated rings. The number of benzene rings is 2. The van der Waals surface area contributed by atoms with Gasteiger partial charge in [0.2, 0.25) is 0 Å². The van der Waals surface area contributed by atoms with E-state index in [1.165, 1.54) is 6.07 Å². The van der Waals surface area contributed by atoms with Crippen LogP contribution in [0.5, 0.6) is 11.5 Å². The molecule has 1 aliphatic rings. The average Bonchev–Trinajstić information content (AvgIpc) is 2.89. The van der Waals surface area contributed by atoms with E-state index < -0.39 is 11.6 Å². The predicted molar refractivity (Wildman–Crippen MR) is 74.0 cm³/mol. The van der Waals surface area contributed by atoms with Gasteiger partial charge >= 0.3 is 0 Å². The maximum Gasteiger partial charge on any atom is 0.162 e. The van der Waals surface area contributed by atoms with Gasteiger partial charge in [0.15, 0.2) is 11.6 Å². The van der Waals surface area contributed by atoms with E-state index in [1.807, 2.05) is 12.1 Å². The average molecular weight is 341 g/mol. The Morgan fingerprint density at radius 1 is 1.15 bits per heavy atom. The van der Waals surface area contributed by atoms with Gasteiger partial charge in [0.1, 0.15) is 18.1 Å². The molecule has 1 aliphatic heterocycles. The van der Waals surface area contributed by atoms with Crippen molar-refractivity contribution >= 4 is 15.9 Å². The quantitative estimate of drug-likeness (QED) is 0.831. The van der Waals surface area contributed by atoms with Crippen LogP contribution in [0.25, 0.3) is 0 Å². The van der Waals surface area contributed by atoms with Gasteiger partial charge in [0.05, 0.1) is 11.1 Å². The van der Waals surface area contributed by atoms with Gasteiger partial charge < -0.3 is 9.47 Å². The second-order valence-corrected chi connectivity index (χ2v) is 5.38. The Balaban J connectivity index is 1.75. The van der Waals surface area contributed by atoms with Crippen LogP contribution in [-0.2, 0) is 13.0 Å². The number of rotatable bonds is 3. The van der Waals surface area contributed by atoms with Gasteiger partial charge in [-0.05, 0) is 51.3 Å². The van der Waals surface area contributed by atoms with Crippen LogP contribution in [0.1, 0.15) is 11.1 Å². The third-order valence-electron chi connectivity index (χ3n) is 3.09. The number of ether oxygens (including phenoxy) is 2. The molecule has 0 aliphatic carbocycles. The first kappa shape index (κ1) is 13.4. The standard InChI is InChI=1S/C15H11BrF2O2/c16-12-6-9(5-10-3-4-19-15(10)12)8-20-11-1-2-13(17)14(18)7-11/h1-2,5-7H,3-4,8H2. The molecule has 0 bridgehead atoms. The highest BCUT2D eigenvalue weighted by atomic mass is 79.9. The van der Waals surface area contributed by atoms with Gasteiger partial charge in [-0.15, -0.1) is 0 Å². The van der Waals surface area contributed by atoms with Crippen molar-refractivity contribution in [1.82, 2.24) is 0 Å². The van der Waals surface area contributed by atoms with Gasteiger partial charge in [-0.1, -0.05) is 0 Å². The first-order valence-corrected chi connectivity index (χ1v) is 6.95. The smallest absolute Gasteiger partial charge is 0.162 e. The molecule has 2 nitrogen and oxygen atoms in total. The van der Waals surface area contributed by atoms with Crippen molar-refractivity contribution in [2.45, 2.75) is 13.0 Å². The van der Waals surface area contributed by atoms with Gasteiger partial charge in [-0.2, -0.15) is 0 Å². The highest BCUT2D eigenvalue weighted by Crippen LogP contribution is 2.35. The lowest BCUT2D eigenvalue weighted by Crippen LogP contribution is -1.97. The van der Waals surface area contributed by atoms with Gasteiger partial charge in [0.25, 0.3) is 0 Å². The number of fused-ring (bicyclic) bond motifs is 1. The SMILES string of the molecule is Fc1ccc(OCc2cc(Br)c3c(c2)CCO3)cc1F. The first-order chi connectivity index (χ1) is 9.63. The van der Waals surface area contributed by atoms with Gasteiger partial charge in [-0.25, -0.2) is 8.78 Å². The Kier molecular flexibility index (Phi) is 3.61. The summed E-state index contributed by atoms with van der Waals surface area (Å²) < 4.78 is 37.7. The minimum Gasteiger partial charge on any atom is -0.492 e. The molecule has 0 saturated carbocycles. The molecule has 3 rings (SSSR count). The lowest BCUT2D eigenvalue weighted by atomic mass is 10.1. The third-order valence-corrected chi connectivity index (χ3v) is 3.68. The molecule has 5 heteroatoms. The van der Waals surface area contributed by atoms with Gasteiger partial charge in [-0.3, -0.25) is 0 Å². The summed E-state index contributed by atoms with van der Waals surface area (Å²) in [5, 5.41) is 0. The molecule has 104 valence electrons. The minimum absolute atomic E-state index is 0.289. The van der Waals surface area contributed by atoms with Crippen LogP contribution in [-0.4, -0.2) is 6.61 Å². The zero-order valence-electron chi connectivity index (χ0n) is 10.5. The van der Waals surface area contributed by atoms with E-state index in [-0.39, 0.29) is 6.61 Å². The third kappa shape index (κ3) is 2.63. The fourth-order valence-corrected chi connectivity index (χ4v) is 2.80. The van der Waals surface area contributed by atoms with Crippen LogP contribution in [0.3, 0.4) is 0 Å². The summed E-state index contributed by atoms with van der Waals surface area (Å²) in [5.74, 6) is -0.612. The summed E-state index contributed by atoms with van der Waals surface area (Å²) in [6.07, 6.45) is 0.868. The molecule has 0 amide bonds. The van der Waals surface area contributed by atoms with Crippen molar-refractivity contribution in [3.8, 4) is 11.5 Å². The molecule has 0 radical (unpaired) electrons. The van der Waals surface area contributed by atoms with Crippen molar-refractivity contribution in [1.29, 1.82) is 0 Å². The topological polar surface area (TPSA) is 18.5 Å². The van der Waals surface area contributed by atoms with E-state index in [2.05, 4.69) is 15.9 Å². The second-order valence-electron chi connectivity index (χ2n) is 4.53. The first-order valence-electron chi connectivity index (χ1n) is 6.15. The maximum atomic E-state index is 13.1. The summed E-state index contributed by atoms with van der Waals surface area (Å²) in [6, 6.07) is 7.42. The molecule has 0 unspecified atom stereocenters. The number of hydrogen-bond acceptors (Lipinski definition) is 2. The van der Waals surface area contributed by atoms with E-state index in [0.717, 1.165) is 39.9 Å². The molecular formula is C15H11BrF2O2. The van der Waals surface area contributed by atoms with Crippen LogP contribution in [0.15, 0.2) is 34.8 Å². The zero-order chi connectivity index (χ0) is 14.1. The highest BCUT2D eigenvalue weighted by Gasteiger charge is 2.16. The fraction of sp³-hybridized carbons (Fsp3) is 0.200. The molecule has 20 heavy (non-hydrogen) atoms. The Labute approximate surface area is 123 Å². The van der Waals surface area contributed by atoms with Crippen LogP contribution < -0.4 is 9.47 Å². The minimum atomic E-state index is -0.911. The summed E-state index contributed by atoms with van der Waals surface area (Å²) in [7, 11) is 0. The lowest BCUT2D eigenvalue weighted by molar-refractivity contribution is 0.303. The summed E-state index contributed by atoms with van der Waals surface area (Å²) in [4.78, 5) is 0. The lowest BCUT2D eigenvalue weighted by Gasteiger charge is -2.09. The Hall–Kier alpha value is -1.62. The molecule has 0 atom stereocenters. The van der Waals surface area contributed by atoms with E-state index in [1.54, 1.807) is 0 Å². The van der Waals surface area contributed by atoms with Crippen molar-refractivity contribution in [3.63, 3.8) is 0 Å². The predicted octanol–water partition coefficient (Wildman–Crippen LogP) is 4.24. The Morgan fingerprint density at radius 2 is 2.00 bits per heavy atom. The molecule has 2 aromatic rings. The fourth-order valence-electron chi connectivity index (χ4n) is 2.14. The number of halogens is 3. The molecule has 0 saturated heterocycles. The van der Waals surface area contributed by atoms with Crippen molar-refractivity contribution in [2.24, 2.45) is 0 Å². The van der Waals surface area contributed by atoms with Crippen molar-refractivity contribution in [3.05, 3.63) is 57.6 Å². The maximum absolute atomic E-state index is 13.1. The molecular weight excluding hydrogens is 330 g/mol. The highest BCUT2D eigenvalue weighted by molar-refractivity contribution is 9.10. The van der Waals surface area contributed by atoms with E-state index in [4.69, 9.17) is 9.47 Å². The Bertz CT molecular complexity index is 659. The number of hydrogen-bond donors (Lipinski definition) is 0. The summed E-state index contributed by atoms with van der Waals surface area (Å²) in [6.45, 7) is 0.971. The molecule has 2 aromatic carbocycles. The van der Waals surface area contributed by atoms with Crippen LogP contribution in [0.4, 0.5) is 8.78 Å². The molecule has 0 N–H and O–H groups in total. The summed E-state index contributed by atoms with van der Waals surface area (Å²) >= 11 is 3.46. The molecule has 1 heterocycles. The second kappa shape index (κ2) is 5.40. The zero-order valence-corrected chi connectivity index (χ0v) is 12.0.